The molecule has 0 unspecified atom stereocenters. The van der Waals surface area contributed by atoms with Crippen LogP contribution in [0.3, 0.4) is 0 Å². The van der Waals surface area contributed by atoms with Crippen molar-refractivity contribution in [2.75, 3.05) is 0 Å². The molecule has 0 aliphatic rings. The first kappa shape index (κ1) is 7.27. The SMILES string of the molecule is O=C(I)c1cc(Br)c[nH]1. The summed E-state index contributed by atoms with van der Waals surface area (Å²) in [5.74, 6) is 0. The zero-order valence-electron chi connectivity index (χ0n) is 4.32. The van der Waals surface area contributed by atoms with E-state index in [1.807, 2.05) is 0 Å². The Morgan fingerprint density at radius 2 is 2.44 bits per heavy atom. The molecule has 0 bridgehead atoms. The van der Waals surface area contributed by atoms with E-state index in [1.54, 1.807) is 34.9 Å². The Balaban J connectivity index is 2.98. The van der Waals surface area contributed by atoms with E-state index < -0.39 is 0 Å². The lowest BCUT2D eigenvalue weighted by Crippen LogP contribution is -1.84. The highest BCUT2D eigenvalue weighted by Crippen LogP contribution is 2.12. The fourth-order valence-corrected chi connectivity index (χ4v) is 1.14. The number of rotatable bonds is 1. The van der Waals surface area contributed by atoms with Crippen LogP contribution in [0.4, 0.5) is 0 Å². The standard InChI is InChI=1S/C5H3BrINO/c6-3-1-4(5(7)9)8-2-3/h1-2,8H. The molecule has 1 heterocycles. The van der Waals surface area contributed by atoms with Gasteiger partial charge in [0.1, 0.15) is 0 Å². The summed E-state index contributed by atoms with van der Waals surface area (Å²) >= 11 is 4.94. The number of carbonyl (C=O) groups is 1. The van der Waals surface area contributed by atoms with Crippen LogP contribution < -0.4 is 0 Å². The second-order valence-electron chi connectivity index (χ2n) is 1.51. The normalized spacial score (nSPS) is 9.56. The van der Waals surface area contributed by atoms with Crippen molar-refractivity contribution < 1.29 is 4.79 Å². The molecule has 0 saturated heterocycles. The van der Waals surface area contributed by atoms with Gasteiger partial charge >= 0.3 is 0 Å². The molecule has 0 aliphatic carbocycles. The second kappa shape index (κ2) is 2.83. The van der Waals surface area contributed by atoms with Crippen molar-refractivity contribution in [3.8, 4) is 0 Å². The third-order valence-corrected chi connectivity index (χ3v) is 1.90. The summed E-state index contributed by atoms with van der Waals surface area (Å²) in [4.78, 5) is 13.4. The van der Waals surface area contributed by atoms with Crippen LogP contribution in [0.2, 0.25) is 0 Å². The number of halogens is 2. The van der Waals surface area contributed by atoms with Gasteiger partial charge in [0.15, 0.2) is 0 Å². The summed E-state index contributed by atoms with van der Waals surface area (Å²) in [6, 6.07) is 1.74. The molecule has 0 spiro atoms. The largest absolute Gasteiger partial charge is 0.357 e. The Morgan fingerprint density at radius 1 is 1.78 bits per heavy atom. The highest BCUT2D eigenvalue weighted by Gasteiger charge is 2.01. The Bertz CT molecular complexity index is 233. The molecule has 0 fully saturated rings. The van der Waals surface area contributed by atoms with Gasteiger partial charge in [0.25, 0.3) is 0 Å². The van der Waals surface area contributed by atoms with Crippen LogP contribution in [0.15, 0.2) is 16.7 Å². The number of H-pyrrole nitrogens is 1. The maximum atomic E-state index is 10.6. The van der Waals surface area contributed by atoms with Crippen molar-refractivity contribution >= 4 is 42.3 Å². The van der Waals surface area contributed by atoms with Crippen LogP contribution >= 0.6 is 38.5 Å². The first-order valence-corrected chi connectivity index (χ1v) is 4.11. The van der Waals surface area contributed by atoms with Crippen LogP contribution in [-0.2, 0) is 0 Å². The van der Waals surface area contributed by atoms with E-state index in [-0.39, 0.29) is 3.79 Å². The summed E-state index contributed by atoms with van der Waals surface area (Å²) in [6.45, 7) is 0. The topological polar surface area (TPSA) is 32.9 Å². The van der Waals surface area contributed by atoms with Crippen molar-refractivity contribution in [1.29, 1.82) is 0 Å². The maximum absolute atomic E-state index is 10.6. The average molecular weight is 300 g/mol. The summed E-state index contributed by atoms with van der Waals surface area (Å²) in [5, 5.41) is 0. The smallest absolute Gasteiger partial charge is 0.238 e. The molecule has 4 heteroatoms. The van der Waals surface area contributed by atoms with Gasteiger partial charge in [-0.1, -0.05) is 0 Å². The van der Waals surface area contributed by atoms with Gasteiger partial charge in [-0.2, -0.15) is 0 Å². The first-order chi connectivity index (χ1) is 4.20. The van der Waals surface area contributed by atoms with E-state index >= 15 is 0 Å². The highest BCUT2D eigenvalue weighted by molar-refractivity contribution is 14.1. The van der Waals surface area contributed by atoms with Gasteiger partial charge < -0.3 is 4.98 Å². The molecule has 1 aromatic rings. The predicted molar refractivity (Wildman–Crippen MR) is 46.8 cm³/mol. The molecule has 0 aliphatic heterocycles. The third-order valence-electron chi connectivity index (χ3n) is 0.860. The van der Waals surface area contributed by atoms with Crippen molar-refractivity contribution in [2.24, 2.45) is 0 Å². The number of aromatic amines is 1. The molecule has 2 nitrogen and oxygen atoms in total. The Morgan fingerprint density at radius 3 is 2.67 bits per heavy atom. The number of hydrogen-bond donors (Lipinski definition) is 1. The fraction of sp³-hybridized carbons (Fsp3) is 0. The molecule has 0 saturated carbocycles. The van der Waals surface area contributed by atoms with Crippen molar-refractivity contribution in [3.05, 3.63) is 22.4 Å². The van der Waals surface area contributed by atoms with E-state index in [1.165, 1.54) is 0 Å². The van der Waals surface area contributed by atoms with Crippen molar-refractivity contribution in [1.82, 2.24) is 4.98 Å². The number of hydrogen-bond acceptors (Lipinski definition) is 1. The zero-order chi connectivity index (χ0) is 6.85. The van der Waals surface area contributed by atoms with Crippen molar-refractivity contribution in [3.63, 3.8) is 0 Å². The van der Waals surface area contributed by atoms with Gasteiger partial charge in [0.2, 0.25) is 3.79 Å². The Hall–Kier alpha value is 0.160. The minimum Gasteiger partial charge on any atom is -0.357 e. The summed E-state index contributed by atoms with van der Waals surface area (Å²) in [7, 11) is 0. The van der Waals surface area contributed by atoms with E-state index in [0.717, 1.165) is 4.47 Å². The molecule has 0 radical (unpaired) electrons. The van der Waals surface area contributed by atoms with Gasteiger partial charge in [-0.3, -0.25) is 4.79 Å². The number of nitrogens with one attached hydrogen (secondary N) is 1. The zero-order valence-corrected chi connectivity index (χ0v) is 8.06. The van der Waals surface area contributed by atoms with Crippen LogP contribution in [0.1, 0.15) is 10.5 Å². The molecule has 1 aromatic heterocycles. The van der Waals surface area contributed by atoms with E-state index in [2.05, 4.69) is 20.9 Å². The minimum absolute atomic E-state index is 0.0262. The molecule has 48 valence electrons. The molecule has 0 aromatic carbocycles. The van der Waals surface area contributed by atoms with Crippen LogP contribution in [0.5, 0.6) is 0 Å². The molecule has 9 heavy (non-hydrogen) atoms. The average Bonchev–Trinajstić information content (AvgIpc) is 2.14. The second-order valence-corrected chi connectivity index (χ2v) is 3.40. The predicted octanol–water partition coefficient (Wildman–Crippen LogP) is 2.35. The van der Waals surface area contributed by atoms with Gasteiger partial charge in [0, 0.05) is 33.3 Å². The lowest BCUT2D eigenvalue weighted by molar-refractivity contribution is 0.110. The van der Waals surface area contributed by atoms with Crippen LogP contribution in [0, 0.1) is 0 Å². The lowest BCUT2D eigenvalue weighted by atomic mass is 10.5. The highest BCUT2D eigenvalue weighted by atomic mass is 127. The fourth-order valence-electron chi connectivity index (χ4n) is 0.481. The van der Waals surface area contributed by atoms with Gasteiger partial charge in [-0.05, 0) is 22.0 Å². The molecular weight excluding hydrogens is 297 g/mol. The van der Waals surface area contributed by atoms with E-state index in [9.17, 15) is 4.79 Å². The quantitative estimate of drug-likeness (QED) is 0.627. The molecule has 0 amide bonds. The molecular formula is C5H3BrINO. The Labute approximate surface area is 74.3 Å². The number of carbonyl (C=O) groups excluding carboxylic acids is 1. The van der Waals surface area contributed by atoms with Gasteiger partial charge in [-0.15, -0.1) is 0 Å². The molecule has 1 N–H and O–H groups in total. The van der Waals surface area contributed by atoms with Gasteiger partial charge in [-0.25, -0.2) is 0 Å². The monoisotopic (exact) mass is 299 g/mol. The molecule has 1 rings (SSSR count). The van der Waals surface area contributed by atoms with Crippen molar-refractivity contribution in [2.45, 2.75) is 0 Å². The summed E-state index contributed by atoms with van der Waals surface area (Å²) in [5.41, 5.74) is 0.627. The Kier molecular flexibility index (Phi) is 2.29. The van der Waals surface area contributed by atoms with E-state index in [4.69, 9.17) is 0 Å². The summed E-state index contributed by atoms with van der Waals surface area (Å²) < 4.78 is 0.931. The van der Waals surface area contributed by atoms with Crippen LogP contribution in [-0.4, -0.2) is 8.77 Å². The van der Waals surface area contributed by atoms with E-state index in [0.29, 0.717) is 5.69 Å². The minimum atomic E-state index is 0.0262. The number of aromatic nitrogens is 1. The van der Waals surface area contributed by atoms with Gasteiger partial charge in [0.05, 0.1) is 5.69 Å². The maximum Gasteiger partial charge on any atom is 0.238 e. The summed E-state index contributed by atoms with van der Waals surface area (Å²) in [6.07, 6.45) is 1.73. The lowest BCUT2D eigenvalue weighted by Gasteiger charge is -1.80. The van der Waals surface area contributed by atoms with Crippen LogP contribution in [0.25, 0.3) is 0 Å². The third kappa shape index (κ3) is 1.79. The molecule has 0 atom stereocenters. The first-order valence-electron chi connectivity index (χ1n) is 2.24.